The fourth-order valence-corrected chi connectivity index (χ4v) is 19.6. The van der Waals surface area contributed by atoms with E-state index < -0.39 is 21.7 Å². The van der Waals surface area contributed by atoms with Crippen molar-refractivity contribution in [1.82, 2.24) is 0 Å². The molecule has 0 spiro atoms. The predicted octanol–water partition coefficient (Wildman–Crippen LogP) is 27.5. The van der Waals surface area contributed by atoms with Gasteiger partial charge in [0.05, 0.1) is 11.4 Å². The maximum Gasteiger partial charge on any atom is 0.0543 e. The molecule has 0 radical (unpaired) electrons. The van der Waals surface area contributed by atoms with E-state index in [2.05, 4.69) is 379 Å². The fraction of sp³-hybridized carbons (Fsp3) is 0.102. The first-order valence-corrected chi connectivity index (χ1v) is 35.5. The van der Waals surface area contributed by atoms with E-state index in [0.717, 1.165) is 34.1 Å². The van der Waals surface area contributed by atoms with Crippen molar-refractivity contribution in [2.45, 2.75) is 52.4 Å². The van der Waals surface area contributed by atoms with Gasteiger partial charge < -0.3 is 9.80 Å². The Morgan fingerprint density at radius 3 is 0.740 bits per heavy atom. The molecule has 2 heteroatoms. The van der Waals surface area contributed by atoms with Gasteiger partial charge in [0.1, 0.15) is 0 Å². The van der Waals surface area contributed by atoms with Gasteiger partial charge in [-0.05, 0) is 213 Å². The molecule has 2 atom stereocenters. The highest BCUT2D eigenvalue weighted by atomic mass is 15.2. The van der Waals surface area contributed by atoms with Crippen molar-refractivity contribution in [3.8, 4) is 22.3 Å². The molecule has 2 unspecified atom stereocenters. The van der Waals surface area contributed by atoms with E-state index >= 15 is 0 Å². The average molecular weight is 1280 g/mol. The number of hydrogen-bond donors (Lipinski definition) is 0. The standard InChI is InChI=1S/C98H72N2/c1-95(2,3)97(87-37-21-19-35-85(87)93-83-33-17-15-31-81(83)91(59-89(93)97)99(69-47-51-77-65(55-69)43-39-61-23-7-11-27-73(61)77)70-48-52-78-66(56-70)44-40-62-24-8-12-28-74(62)78)98(96(4,5)6)88-38-22-20-36-86(88)94-84-34-18-16-32-82(84)92(60-90(94)98)100(71-49-53-79-67(57-71)45-41-63-25-9-13-29-75(63)79)72-50-54-80-68(58-72)46-42-64-26-10-14-30-76(64)80/h7-60H,1-6H3. The topological polar surface area (TPSA) is 6.48 Å². The summed E-state index contributed by atoms with van der Waals surface area (Å²) in [5.74, 6) is 0. The van der Waals surface area contributed by atoms with Crippen molar-refractivity contribution < 1.29 is 0 Å². The van der Waals surface area contributed by atoms with Crippen LogP contribution in [0.15, 0.2) is 328 Å². The molecule has 0 amide bonds. The molecule has 18 aromatic carbocycles. The number of fused-ring (bicyclic) bond motifs is 22. The molecular weight excluding hydrogens is 1210 g/mol. The maximum atomic E-state index is 2.69. The Kier molecular flexibility index (Phi) is 12.4. The van der Waals surface area contributed by atoms with Crippen molar-refractivity contribution in [2.24, 2.45) is 10.8 Å². The molecule has 18 aromatic rings. The van der Waals surface area contributed by atoms with Crippen LogP contribution in [0.4, 0.5) is 34.1 Å². The Morgan fingerprint density at radius 1 is 0.200 bits per heavy atom. The highest BCUT2D eigenvalue weighted by Gasteiger charge is 2.71. The summed E-state index contributed by atoms with van der Waals surface area (Å²) in [7, 11) is 0. The van der Waals surface area contributed by atoms with E-state index in [1.165, 1.54) is 152 Å². The Balaban J connectivity index is 0.911. The summed E-state index contributed by atoms with van der Waals surface area (Å²) in [6, 6.07) is 126. The summed E-state index contributed by atoms with van der Waals surface area (Å²) >= 11 is 0. The summed E-state index contributed by atoms with van der Waals surface area (Å²) in [6.07, 6.45) is 0. The second-order valence-electron chi connectivity index (χ2n) is 30.3. The van der Waals surface area contributed by atoms with Gasteiger partial charge in [-0.25, -0.2) is 0 Å². The number of nitrogens with zero attached hydrogens (tertiary/aromatic N) is 2. The highest BCUT2D eigenvalue weighted by Crippen LogP contribution is 2.76. The van der Waals surface area contributed by atoms with E-state index in [-0.39, 0.29) is 0 Å². The van der Waals surface area contributed by atoms with Crippen LogP contribution in [0.2, 0.25) is 0 Å². The van der Waals surface area contributed by atoms with Crippen molar-refractivity contribution in [3.63, 3.8) is 0 Å². The van der Waals surface area contributed by atoms with Gasteiger partial charge in [-0.1, -0.05) is 308 Å². The molecule has 2 aliphatic rings. The fourth-order valence-electron chi connectivity index (χ4n) is 19.6. The van der Waals surface area contributed by atoms with Crippen molar-refractivity contribution in [3.05, 3.63) is 350 Å². The lowest BCUT2D eigenvalue weighted by molar-refractivity contribution is 0.0595. The van der Waals surface area contributed by atoms with Gasteiger partial charge in [0.25, 0.3) is 0 Å². The third-order valence-corrected chi connectivity index (χ3v) is 23.3. The SMILES string of the molecule is CC(C)(C)C1(C2(C(C)(C)C)c3ccccc3-c3c2cc(N(c2ccc4c(ccc5ccccc54)c2)c2ccc4c(ccc5ccccc54)c2)c2ccccc32)c2ccccc2-c2c1cc(N(c1ccc3c(ccc4ccccc43)c1)c1ccc3c(ccc4ccccc43)c1)c1ccccc21. The van der Waals surface area contributed by atoms with Crippen LogP contribution in [0, 0.1) is 10.8 Å². The summed E-state index contributed by atoms with van der Waals surface area (Å²) in [5, 5.41) is 24.6. The van der Waals surface area contributed by atoms with Gasteiger partial charge in [0, 0.05) is 44.4 Å². The molecule has 0 saturated heterocycles. The lowest BCUT2D eigenvalue weighted by Gasteiger charge is -2.62. The van der Waals surface area contributed by atoms with Gasteiger partial charge in [-0.2, -0.15) is 0 Å². The molecule has 2 aliphatic carbocycles. The van der Waals surface area contributed by atoms with Crippen LogP contribution in [0.1, 0.15) is 63.8 Å². The molecule has 0 aromatic heterocycles. The van der Waals surface area contributed by atoms with E-state index in [1.807, 2.05) is 0 Å². The van der Waals surface area contributed by atoms with E-state index in [9.17, 15) is 0 Å². The van der Waals surface area contributed by atoms with E-state index in [4.69, 9.17) is 0 Å². The number of anilines is 6. The Morgan fingerprint density at radius 2 is 0.440 bits per heavy atom. The molecular formula is C98H72N2. The normalized spacial score (nSPS) is 15.8. The van der Waals surface area contributed by atoms with E-state index in [1.54, 1.807) is 0 Å². The van der Waals surface area contributed by atoms with Gasteiger partial charge >= 0.3 is 0 Å². The summed E-state index contributed by atoms with van der Waals surface area (Å²) in [5.41, 5.74) is 14.8. The first kappa shape index (κ1) is 58.3. The molecule has 0 aliphatic heterocycles. The van der Waals surface area contributed by atoms with Gasteiger partial charge in [0.2, 0.25) is 0 Å². The Bertz CT molecular complexity index is 5900. The van der Waals surface area contributed by atoms with Gasteiger partial charge in [-0.3, -0.25) is 0 Å². The minimum Gasteiger partial charge on any atom is -0.310 e. The quantitative estimate of drug-likeness (QED) is 0.147. The van der Waals surface area contributed by atoms with Crippen LogP contribution in [0.25, 0.3) is 130 Å². The number of benzene rings is 18. The van der Waals surface area contributed by atoms with Crippen LogP contribution in [0.3, 0.4) is 0 Å². The minimum atomic E-state index is -0.765. The highest BCUT2D eigenvalue weighted by molar-refractivity contribution is 6.18. The zero-order chi connectivity index (χ0) is 67.0. The van der Waals surface area contributed by atoms with Crippen LogP contribution < -0.4 is 9.80 Å². The zero-order valence-corrected chi connectivity index (χ0v) is 57.1. The molecule has 0 saturated carbocycles. The molecule has 0 N–H and O–H groups in total. The van der Waals surface area contributed by atoms with Crippen LogP contribution in [-0.2, 0) is 10.8 Å². The van der Waals surface area contributed by atoms with Crippen LogP contribution >= 0.6 is 0 Å². The molecule has 0 fully saturated rings. The lowest BCUT2D eigenvalue weighted by atomic mass is 9.39. The molecule has 2 nitrogen and oxygen atoms in total. The summed E-state index contributed by atoms with van der Waals surface area (Å²) in [4.78, 5) is 5.20. The number of hydrogen-bond acceptors (Lipinski definition) is 2. The Labute approximate surface area is 583 Å². The van der Waals surface area contributed by atoms with Crippen molar-refractivity contribution >= 4 is 142 Å². The third-order valence-electron chi connectivity index (χ3n) is 23.3. The summed E-state index contributed by atoms with van der Waals surface area (Å²) in [6.45, 7) is 15.4. The van der Waals surface area contributed by atoms with Crippen molar-refractivity contribution in [1.29, 1.82) is 0 Å². The van der Waals surface area contributed by atoms with E-state index in [0.29, 0.717) is 0 Å². The minimum absolute atomic E-state index is 0.470. The monoisotopic (exact) mass is 1280 g/mol. The third kappa shape index (κ3) is 8.02. The van der Waals surface area contributed by atoms with Crippen molar-refractivity contribution in [2.75, 3.05) is 9.80 Å². The second kappa shape index (κ2) is 21.3. The molecule has 100 heavy (non-hydrogen) atoms. The molecule has 474 valence electrons. The lowest BCUT2D eigenvalue weighted by Crippen LogP contribution is -2.62. The number of rotatable bonds is 7. The first-order chi connectivity index (χ1) is 48.9. The molecule has 20 rings (SSSR count). The average Bonchev–Trinajstić information content (AvgIpc) is 1.47. The summed E-state index contributed by atoms with van der Waals surface area (Å²) < 4.78 is 0. The largest absolute Gasteiger partial charge is 0.310 e. The van der Waals surface area contributed by atoms with Gasteiger partial charge in [0.15, 0.2) is 0 Å². The molecule has 0 heterocycles. The smallest absolute Gasteiger partial charge is 0.0543 e. The predicted molar refractivity (Wildman–Crippen MR) is 429 cm³/mol. The zero-order valence-electron chi connectivity index (χ0n) is 57.1. The van der Waals surface area contributed by atoms with Gasteiger partial charge in [-0.15, -0.1) is 0 Å². The molecule has 0 bridgehead atoms. The van der Waals surface area contributed by atoms with Crippen LogP contribution in [-0.4, -0.2) is 0 Å². The Hall–Kier alpha value is -11.8. The van der Waals surface area contributed by atoms with Crippen LogP contribution in [0.5, 0.6) is 0 Å². The maximum absolute atomic E-state index is 2.69. The first-order valence-electron chi connectivity index (χ1n) is 35.5. The second-order valence-corrected chi connectivity index (χ2v) is 30.3.